The number of hydrogen-bond donors (Lipinski definition) is 2. The summed E-state index contributed by atoms with van der Waals surface area (Å²) >= 11 is 0. The Hall–Kier alpha value is -1.83. The summed E-state index contributed by atoms with van der Waals surface area (Å²) in [5.41, 5.74) is -1.07. The molecule has 21 heavy (non-hydrogen) atoms. The first-order valence-corrected chi connectivity index (χ1v) is 7.78. The summed E-state index contributed by atoms with van der Waals surface area (Å²) in [6.07, 6.45) is 1.94. The highest BCUT2D eigenvalue weighted by Crippen LogP contribution is 2.15. The smallest absolute Gasteiger partial charge is 0.336 e. The van der Waals surface area contributed by atoms with Crippen molar-refractivity contribution in [2.24, 2.45) is 0 Å². The van der Waals surface area contributed by atoms with E-state index in [1.807, 2.05) is 0 Å². The number of benzene rings is 1. The van der Waals surface area contributed by atoms with Gasteiger partial charge in [0.1, 0.15) is 0 Å². The van der Waals surface area contributed by atoms with Crippen molar-refractivity contribution in [3.63, 3.8) is 0 Å². The van der Waals surface area contributed by atoms with E-state index in [0.717, 1.165) is 0 Å². The minimum atomic E-state index is -1.53. The van der Waals surface area contributed by atoms with E-state index in [4.69, 9.17) is 5.11 Å². The highest BCUT2D eigenvalue weighted by molar-refractivity contribution is 7.84. The number of carbonyl (C=O) groups excluding carboxylic acids is 1. The van der Waals surface area contributed by atoms with E-state index in [2.05, 4.69) is 5.32 Å². The molecule has 0 radical (unpaired) electrons. The number of amides is 1. The zero-order chi connectivity index (χ0) is 16.2. The molecular formula is C13H15F2NO4S. The molecule has 0 heterocycles. The maximum absolute atomic E-state index is 13.2. The lowest BCUT2D eigenvalue weighted by Gasteiger charge is -2.14. The van der Waals surface area contributed by atoms with E-state index in [-0.39, 0.29) is 6.04 Å². The fraction of sp³-hybridized carbons (Fsp3) is 0.385. The minimum Gasteiger partial charge on any atom is -0.478 e. The van der Waals surface area contributed by atoms with E-state index in [1.54, 1.807) is 6.92 Å². The van der Waals surface area contributed by atoms with Crippen LogP contribution >= 0.6 is 0 Å². The number of aromatic carboxylic acids is 1. The molecule has 0 aromatic heterocycles. The van der Waals surface area contributed by atoms with Crippen LogP contribution in [0.1, 0.15) is 34.1 Å². The lowest BCUT2D eigenvalue weighted by atomic mass is 10.1. The Morgan fingerprint density at radius 2 is 1.81 bits per heavy atom. The molecule has 0 aliphatic carbocycles. The molecule has 5 nitrogen and oxygen atoms in total. The van der Waals surface area contributed by atoms with Crippen molar-refractivity contribution in [1.29, 1.82) is 0 Å². The third kappa shape index (κ3) is 4.89. The molecular weight excluding hydrogens is 304 g/mol. The molecule has 116 valence electrons. The predicted molar refractivity (Wildman–Crippen MR) is 73.8 cm³/mol. The van der Waals surface area contributed by atoms with E-state index >= 15 is 0 Å². The third-order valence-electron chi connectivity index (χ3n) is 2.75. The summed E-state index contributed by atoms with van der Waals surface area (Å²) in [4.78, 5) is 22.9. The number of carboxylic acids is 1. The number of nitrogens with one attached hydrogen (secondary N) is 1. The molecule has 2 atom stereocenters. The Bertz CT molecular complexity index is 592. The van der Waals surface area contributed by atoms with Crippen LogP contribution in [0.4, 0.5) is 8.78 Å². The van der Waals surface area contributed by atoms with Gasteiger partial charge in [-0.1, -0.05) is 0 Å². The van der Waals surface area contributed by atoms with E-state index in [0.29, 0.717) is 24.3 Å². The molecule has 0 aliphatic rings. The van der Waals surface area contributed by atoms with Crippen molar-refractivity contribution >= 4 is 22.7 Å². The Morgan fingerprint density at radius 1 is 1.29 bits per heavy atom. The van der Waals surface area contributed by atoms with Gasteiger partial charge in [0.2, 0.25) is 0 Å². The van der Waals surface area contributed by atoms with Crippen LogP contribution in [0.15, 0.2) is 12.1 Å². The second kappa shape index (κ2) is 7.26. The van der Waals surface area contributed by atoms with Crippen molar-refractivity contribution in [3.05, 3.63) is 34.9 Å². The van der Waals surface area contributed by atoms with Gasteiger partial charge in [-0.15, -0.1) is 0 Å². The molecule has 0 bridgehead atoms. The lowest BCUT2D eigenvalue weighted by molar-refractivity contribution is 0.0689. The molecule has 1 aromatic carbocycles. The van der Waals surface area contributed by atoms with Gasteiger partial charge in [-0.2, -0.15) is 0 Å². The van der Waals surface area contributed by atoms with Crippen LogP contribution < -0.4 is 5.32 Å². The molecule has 0 spiro atoms. The molecule has 1 aromatic rings. The van der Waals surface area contributed by atoms with E-state index in [1.165, 1.54) is 6.26 Å². The molecule has 1 rings (SSSR count). The van der Waals surface area contributed by atoms with Gasteiger partial charge in [0.25, 0.3) is 5.91 Å². The van der Waals surface area contributed by atoms with Crippen LogP contribution in [0, 0.1) is 11.6 Å². The fourth-order valence-corrected chi connectivity index (χ4v) is 2.31. The Kier molecular flexibility index (Phi) is 5.95. The minimum absolute atomic E-state index is 0.366. The van der Waals surface area contributed by atoms with Gasteiger partial charge < -0.3 is 10.4 Å². The van der Waals surface area contributed by atoms with Crippen molar-refractivity contribution < 1.29 is 27.7 Å². The number of carbonyl (C=O) groups is 2. The first kappa shape index (κ1) is 17.2. The summed E-state index contributed by atoms with van der Waals surface area (Å²) in [5.74, 6) is -4.61. The van der Waals surface area contributed by atoms with Crippen LogP contribution in [-0.4, -0.2) is 39.2 Å². The first-order chi connectivity index (χ1) is 9.72. The summed E-state index contributed by atoms with van der Waals surface area (Å²) in [7, 11) is -1.02. The first-order valence-electron chi connectivity index (χ1n) is 6.05. The van der Waals surface area contributed by atoms with Crippen LogP contribution in [0.2, 0.25) is 0 Å². The Balaban J connectivity index is 2.94. The summed E-state index contributed by atoms with van der Waals surface area (Å²) in [5, 5.41) is 11.4. The zero-order valence-corrected chi connectivity index (χ0v) is 12.3. The average molecular weight is 319 g/mol. The number of halogens is 2. The second-order valence-corrected chi connectivity index (χ2v) is 6.11. The molecule has 1 amide bonds. The zero-order valence-electron chi connectivity index (χ0n) is 11.5. The number of carboxylic acid groups (broad SMARTS) is 1. The highest BCUT2D eigenvalue weighted by Gasteiger charge is 2.21. The number of hydrogen-bond acceptors (Lipinski definition) is 3. The molecule has 2 N–H and O–H groups in total. The Labute approximate surface area is 122 Å². The topological polar surface area (TPSA) is 83.5 Å². The average Bonchev–Trinajstić information content (AvgIpc) is 2.38. The third-order valence-corrected chi connectivity index (χ3v) is 3.56. The van der Waals surface area contributed by atoms with Crippen LogP contribution in [0.3, 0.4) is 0 Å². The molecule has 0 fully saturated rings. The number of rotatable bonds is 6. The van der Waals surface area contributed by atoms with E-state index < -0.39 is 45.4 Å². The van der Waals surface area contributed by atoms with Gasteiger partial charge >= 0.3 is 5.97 Å². The Morgan fingerprint density at radius 3 is 2.29 bits per heavy atom. The van der Waals surface area contributed by atoms with Gasteiger partial charge in [0.15, 0.2) is 11.6 Å². The van der Waals surface area contributed by atoms with E-state index in [9.17, 15) is 22.6 Å². The summed E-state index contributed by atoms with van der Waals surface area (Å²) < 4.78 is 37.2. The standard InChI is InChI=1S/C13H15F2NO4S/c1-7(3-4-21(2)20)16-12(17)8-5-10(14)11(15)6-9(8)13(18)19/h5-7H,3-4H2,1-2H3,(H,16,17)(H,18,19). The highest BCUT2D eigenvalue weighted by atomic mass is 32.2. The van der Waals surface area contributed by atoms with Crippen molar-refractivity contribution in [3.8, 4) is 0 Å². The van der Waals surface area contributed by atoms with Crippen molar-refractivity contribution in [2.75, 3.05) is 12.0 Å². The van der Waals surface area contributed by atoms with Gasteiger partial charge in [0, 0.05) is 28.9 Å². The summed E-state index contributed by atoms with van der Waals surface area (Å²) in [6, 6.07) is 0.646. The van der Waals surface area contributed by atoms with Crippen molar-refractivity contribution in [1.82, 2.24) is 5.32 Å². The van der Waals surface area contributed by atoms with Gasteiger partial charge in [-0.25, -0.2) is 13.6 Å². The normalized spacial score (nSPS) is 13.5. The SMILES string of the molecule is CC(CCS(C)=O)NC(=O)c1cc(F)c(F)cc1C(=O)O. The molecule has 2 unspecified atom stereocenters. The van der Waals surface area contributed by atoms with Gasteiger partial charge in [0.05, 0.1) is 11.1 Å². The maximum Gasteiger partial charge on any atom is 0.336 e. The van der Waals surface area contributed by atoms with Crippen molar-refractivity contribution in [2.45, 2.75) is 19.4 Å². The lowest BCUT2D eigenvalue weighted by Crippen LogP contribution is -2.34. The quantitative estimate of drug-likeness (QED) is 0.833. The monoisotopic (exact) mass is 319 g/mol. The van der Waals surface area contributed by atoms with Gasteiger partial charge in [-0.3, -0.25) is 9.00 Å². The second-order valence-electron chi connectivity index (χ2n) is 4.56. The van der Waals surface area contributed by atoms with Crippen LogP contribution in [-0.2, 0) is 10.8 Å². The molecule has 0 aliphatic heterocycles. The largest absolute Gasteiger partial charge is 0.478 e. The van der Waals surface area contributed by atoms with Crippen LogP contribution in [0.25, 0.3) is 0 Å². The fourth-order valence-electron chi connectivity index (χ4n) is 1.63. The molecule has 8 heteroatoms. The maximum atomic E-state index is 13.2. The van der Waals surface area contributed by atoms with Crippen LogP contribution in [0.5, 0.6) is 0 Å². The molecule has 0 saturated heterocycles. The van der Waals surface area contributed by atoms with Gasteiger partial charge in [-0.05, 0) is 25.5 Å². The summed E-state index contributed by atoms with van der Waals surface area (Å²) in [6.45, 7) is 1.64. The molecule has 0 saturated carbocycles. The predicted octanol–water partition coefficient (Wildman–Crippen LogP) is 1.55.